The summed E-state index contributed by atoms with van der Waals surface area (Å²) < 4.78 is 16.3. The summed E-state index contributed by atoms with van der Waals surface area (Å²) in [6, 6.07) is 14.4. The smallest absolute Gasteiger partial charge is 0.253 e. The van der Waals surface area contributed by atoms with Gasteiger partial charge in [-0.15, -0.1) is 5.10 Å². The largest absolute Gasteiger partial charge is 0.367 e. The van der Waals surface area contributed by atoms with Crippen molar-refractivity contribution in [3.63, 3.8) is 0 Å². The van der Waals surface area contributed by atoms with E-state index in [1.807, 2.05) is 48.0 Å². The maximum atomic E-state index is 14.4. The molecule has 1 saturated heterocycles. The summed E-state index contributed by atoms with van der Waals surface area (Å²) in [7, 11) is 0. The van der Waals surface area contributed by atoms with Gasteiger partial charge in [0.1, 0.15) is 11.9 Å². The van der Waals surface area contributed by atoms with Gasteiger partial charge in [-0.1, -0.05) is 31.2 Å². The number of para-hydroxylation sites is 1. The first-order chi connectivity index (χ1) is 17.3. The van der Waals surface area contributed by atoms with Crippen LogP contribution in [0.15, 0.2) is 53.3 Å². The number of hydrogen-bond acceptors (Lipinski definition) is 6. The molecule has 0 amide bonds. The molecule has 1 aliphatic rings. The van der Waals surface area contributed by atoms with Crippen LogP contribution >= 0.6 is 0 Å². The summed E-state index contributed by atoms with van der Waals surface area (Å²) in [4.78, 5) is 20.8. The Morgan fingerprint density at radius 3 is 2.56 bits per heavy atom. The third-order valence-electron chi connectivity index (χ3n) is 7.37. The molecule has 9 heteroatoms. The molecular weight excluding hydrogens is 457 g/mol. The first-order valence-electron chi connectivity index (χ1n) is 12.4. The summed E-state index contributed by atoms with van der Waals surface area (Å²) in [5, 5.41) is 13.8. The van der Waals surface area contributed by atoms with Gasteiger partial charge >= 0.3 is 0 Å². The highest BCUT2D eigenvalue weighted by atomic mass is 19.1. The molecule has 36 heavy (non-hydrogen) atoms. The Hall–Kier alpha value is -3.59. The van der Waals surface area contributed by atoms with Gasteiger partial charge in [-0.05, 0) is 72.8 Å². The molecule has 2 aromatic carbocycles. The molecule has 2 aromatic heterocycles. The number of halogens is 1. The Balaban J connectivity index is 1.57. The fourth-order valence-corrected chi connectivity index (χ4v) is 4.91. The SMILES string of the molecule is CCC(C)(C)n1nnnc1[C@@H](c1cc2ccc(C)cc2[nH]c1=O)N1CCN(c2ccccc2F)CC1. The molecule has 8 nitrogen and oxygen atoms in total. The van der Waals surface area contributed by atoms with Crippen LogP contribution in [0.2, 0.25) is 0 Å². The molecule has 1 aliphatic heterocycles. The molecular formula is C27H32FN7O. The zero-order valence-electron chi connectivity index (χ0n) is 21.2. The van der Waals surface area contributed by atoms with E-state index in [9.17, 15) is 9.18 Å². The standard InChI is InChI=1S/C27H32FN7O/c1-5-27(3,4)35-25(30-31-32-35)24(20-17-19-11-10-18(2)16-22(19)29-26(20)36)34-14-12-33(13-15-34)23-9-7-6-8-21(23)28/h6-11,16-17,24H,5,12-15H2,1-4H3,(H,29,36)/t24-/m1/s1. The molecule has 0 unspecified atom stereocenters. The number of piperazine rings is 1. The molecule has 3 heterocycles. The van der Waals surface area contributed by atoms with E-state index in [-0.39, 0.29) is 16.9 Å². The lowest BCUT2D eigenvalue weighted by Gasteiger charge is -2.40. The number of hydrogen-bond donors (Lipinski definition) is 1. The monoisotopic (exact) mass is 489 g/mol. The number of H-pyrrole nitrogens is 1. The van der Waals surface area contributed by atoms with Gasteiger partial charge in [0.2, 0.25) is 0 Å². The Kier molecular flexibility index (Phi) is 6.34. The number of fused-ring (bicyclic) bond motifs is 1. The zero-order valence-corrected chi connectivity index (χ0v) is 21.2. The van der Waals surface area contributed by atoms with E-state index in [0.29, 0.717) is 43.3 Å². The fraction of sp³-hybridized carbons (Fsp3) is 0.407. The minimum absolute atomic E-state index is 0.154. The van der Waals surface area contributed by atoms with Gasteiger partial charge < -0.3 is 9.88 Å². The first kappa shape index (κ1) is 24.1. The third kappa shape index (κ3) is 4.39. The molecule has 0 bridgehead atoms. The highest BCUT2D eigenvalue weighted by Gasteiger charge is 2.36. The van der Waals surface area contributed by atoms with Crippen LogP contribution in [0.4, 0.5) is 10.1 Å². The van der Waals surface area contributed by atoms with Crippen molar-refractivity contribution in [3.05, 3.63) is 81.7 Å². The van der Waals surface area contributed by atoms with Gasteiger partial charge in [0.05, 0.1) is 11.2 Å². The second-order valence-electron chi connectivity index (χ2n) is 10.1. The van der Waals surface area contributed by atoms with E-state index < -0.39 is 6.04 Å². The lowest BCUT2D eigenvalue weighted by molar-refractivity contribution is 0.186. The summed E-state index contributed by atoms with van der Waals surface area (Å²) >= 11 is 0. The van der Waals surface area contributed by atoms with E-state index in [1.54, 1.807) is 6.07 Å². The maximum absolute atomic E-state index is 14.4. The van der Waals surface area contributed by atoms with Crippen LogP contribution in [0.25, 0.3) is 10.9 Å². The molecule has 4 aromatic rings. The number of aryl methyl sites for hydroxylation is 1. The number of pyridine rings is 1. The van der Waals surface area contributed by atoms with E-state index in [2.05, 4.69) is 51.1 Å². The normalized spacial score (nSPS) is 16.0. The minimum Gasteiger partial charge on any atom is -0.367 e. The molecule has 188 valence electrons. The summed E-state index contributed by atoms with van der Waals surface area (Å²) in [6.45, 7) is 10.8. The van der Waals surface area contributed by atoms with Crippen LogP contribution in [0.3, 0.4) is 0 Å². The van der Waals surface area contributed by atoms with E-state index in [1.165, 1.54) is 6.07 Å². The number of aromatic nitrogens is 5. The van der Waals surface area contributed by atoms with Crippen LogP contribution in [-0.4, -0.2) is 56.3 Å². The molecule has 0 aliphatic carbocycles. The third-order valence-corrected chi connectivity index (χ3v) is 7.37. The number of benzene rings is 2. The average Bonchev–Trinajstić information content (AvgIpc) is 3.36. The second-order valence-corrected chi connectivity index (χ2v) is 10.1. The lowest BCUT2D eigenvalue weighted by Crippen LogP contribution is -2.49. The van der Waals surface area contributed by atoms with Crippen molar-refractivity contribution in [1.29, 1.82) is 0 Å². The number of aromatic amines is 1. The summed E-state index contributed by atoms with van der Waals surface area (Å²) in [5.41, 5.74) is 2.62. The summed E-state index contributed by atoms with van der Waals surface area (Å²) in [6.07, 6.45) is 0.826. The second kappa shape index (κ2) is 9.46. The van der Waals surface area contributed by atoms with Crippen molar-refractivity contribution in [2.75, 3.05) is 31.1 Å². The van der Waals surface area contributed by atoms with Crippen LogP contribution < -0.4 is 10.5 Å². The van der Waals surface area contributed by atoms with Gasteiger partial charge in [-0.3, -0.25) is 9.69 Å². The molecule has 1 atom stereocenters. The first-order valence-corrected chi connectivity index (χ1v) is 12.4. The van der Waals surface area contributed by atoms with Crippen molar-refractivity contribution in [3.8, 4) is 0 Å². The van der Waals surface area contributed by atoms with Crippen molar-refractivity contribution in [2.45, 2.75) is 45.7 Å². The number of anilines is 1. The highest BCUT2D eigenvalue weighted by Crippen LogP contribution is 2.32. The molecule has 0 saturated carbocycles. The van der Waals surface area contributed by atoms with E-state index in [4.69, 9.17) is 0 Å². The number of nitrogens with zero attached hydrogens (tertiary/aromatic N) is 6. The van der Waals surface area contributed by atoms with Crippen LogP contribution in [0.1, 0.15) is 50.2 Å². The number of rotatable bonds is 6. The van der Waals surface area contributed by atoms with Crippen molar-refractivity contribution in [2.24, 2.45) is 0 Å². The molecule has 0 spiro atoms. The van der Waals surface area contributed by atoms with Crippen LogP contribution in [-0.2, 0) is 5.54 Å². The Labute approximate surface area is 209 Å². The Bertz CT molecular complexity index is 1440. The van der Waals surface area contributed by atoms with Gasteiger partial charge in [-0.25, -0.2) is 9.07 Å². The maximum Gasteiger partial charge on any atom is 0.253 e. The lowest BCUT2D eigenvalue weighted by atomic mass is 9.98. The zero-order chi connectivity index (χ0) is 25.4. The van der Waals surface area contributed by atoms with Gasteiger partial charge in [0, 0.05) is 37.3 Å². The predicted molar refractivity (Wildman–Crippen MR) is 139 cm³/mol. The molecule has 1 fully saturated rings. The Morgan fingerprint density at radius 2 is 1.83 bits per heavy atom. The molecule has 5 rings (SSSR count). The topological polar surface area (TPSA) is 82.9 Å². The van der Waals surface area contributed by atoms with Crippen LogP contribution in [0, 0.1) is 12.7 Å². The fourth-order valence-electron chi connectivity index (χ4n) is 4.91. The van der Waals surface area contributed by atoms with Gasteiger partial charge in [-0.2, -0.15) is 0 Å². The van der Waals surface area contributed by atoms with E-state index in [0.717, 1.165) is 22.9 Å². The van der Waals surface area contributed by atoms with Crippen LogP contribution in [0.5, 0.6) is 0 Å². The average molecular weight is 490 g/mol. The van der Waals surface area contributed by atoms with Gasteiger partial charge in [0.15, 0.2) is 5.82 Å². The highest BCUT2D eigenvalue weighted by molar-refractivity contribution is 5.79. The molecule has 0 radical (unpaired) electrons. The molecule has 1 N–H and O–H groups in total. The van der Waals surface area contributed by atoms with Gasteiger partial charge in [0.25, 0.3) is 5.56 Å². The number of tetrazole rings is 1. The summed E-state index contributed by atoms with van der Waals surface area (Å²) in [5.74, 6) is 0.413. The minimum atomic E-state index is -0.442. The quantitative estimate of drug-likeness (QED) is 0.441. The number of nitrogens with one attached hydrogen (secondary N) is 1. The van der Waals surface area contributed by atoms with E-state index >= 15 is 0 Å². The van der Waals surface area contributed by atoms with Crippen molar-refractivity contribution >= 4 is 16.6 Å². The Morgan fingerprint density at radius 1 is 1.08 bits per heavy atom. The predicted octanol–water partition coefficient (Wildman–Crippen LogP) is 4.02. The van der Waals surface area contributed by atoms with Crippen molar-refractivity contribution in [1.82, 2.24) is 30.1 Å². The van der Waals surface area contributed by atoms with Crippen molar-refractivity contribution < 1.29 is 4.39 Å².